The summed E-state index contributed by atoms with van der Waals surface area (Å²) in [6.07, 6.45) is 0. The van der Waals surface area contributed by atoms with Gasteiger partial charge in [0.2, 0.25) is 0 Å². The van der Waals surface area contributed by atoms with Crippen LogP contribution in [0.3, 0.4) is 0 Å². The van der Waals surface area contributed by atoms with Gasteiger partial charge in [0, 0.05) is 16.6 Å². The molecule has 102 valence electrons. The smallest absolute Gasteiger partial charge is 0.147 e. The topological polar surface area (TPSA) is 37.8 Å². The fourth-order valence-corrected chi connectivity index (χ4v) is 3.21. The molecule has 0 saturated carbocycles. The first-order valence-electron chi connectivity index (χ1n) is 6.49. The molecule has 0 unspecified atom stereocenters. The monoisotopic (exact) mass is 347 g/mol. The predicted octanol–water partition coefficient (Wildman–Crippen LogP) is 4.23. The standard InChI is InChI=1S/C15H14BrN3S/c1-2-17-9-14-18-19-15(20-14)12-4-3-11-8-13(16)6-5-10(11)7-12/h3-8,17H,2,9H2,1H3. The van der Waals surface area contributed by atoms with Gasteiger partial charge in [-0.05, 0) is 35.5 Å². The first kappa shape index (κ1) is 13.7. The minimum atomic E-state index is 0.786. The largest absolute Gasteiger partial charge is 0.311 e. The molecule has 3 aromatic rings. The molecule has 0 aliphatic rings. The van der Waals surface area contributed by atoms with Crippen molar-refractivity contribution in [2.45, 2.75) is 13.5 Å². The summed E-state index contributed by atoms with van der Waals surface area (Å²) in [6, 6.07) is 12.7. The molecular weight excluding hydrogens is 334 g/mol. The average molecular weight is 348 g/mol. The minimum Gasteiger partial charge on any atom is -0.311 e. The Morgan fingerprint density at radius 2 is 1.90 bits per heavy atom. The van der Waals surface area contributed by atoms with Crippen molar-refractivity contribution in [2.24, 2.45) is 0 Å². The molecule has 3 nitrogen and oxygen atoms in total. The number of hydrogen-bond donors (Lipinski definition) is 1. The highest BCUT2D eigenvalue weighted by molar-refractivity contribution is 9.10. The van der Waals surface area contributed by atoms with Gasteiger partial charge in [0.25, 0.3) is 0 Å². The molecule has 3 rings (SSSR count). The fourth-order valence-electron chi connectivity index (χ4n) is 2.02. The van der Waals surface area contributed by atoms with E-state index in [0.29, 0.717) is 0 Å². The van der Waals surface area contributed by atoms with Crippen LogP contribution in [-0.4, -0.2) is 16.7 Å². The summed E-state index contributed by atoms with van der Waals surface area (Å²) < 4.78 is 1.10. The highest BCUT2D eigenvalue weighted by Gasteiger charge is 2.07. The molecule has 5 heteroatoms. The van der Waals surface area contributed by atoms with E-state index < -0.39 is 0 Å². The van der Waals surface area contributed by atoms with Gasteiger partial charge in [0.05, 0.1) is 0 Å². The summed E-state index contributed by atoms with van der Waals surface area (Å²) in [5, 5.41) is 16.2. The van der Waals surface area contributed by atoms with Crippen molar-refractivity contribution in [2.75, 3.05) is 6.54 Å². The van der Waals surface area contributed by atoms with Crippen LogP contribution in [0.1, 0.15) is 11.9 Å². The molecular formula is C15H14BrN3S. The predicted molar refractivity (Wildman–Crippen MR) is 87.9 cm³/mol. The number of nitrogens with one attached hydrogen (secondary N) is 1. The lowest BCUT2D eigenvalue weighted by Gasteiger charge is -2.01. The summed E-state index contributed by atoms with van der Waals surface area (Å²) in [4.78, 5) is 0. The van der Waals surface area contributed by atoms with Gasteiger partial charge in [-0.15, -0.1) is 10.2 Å². The van der Waals surface area contributed by atoms with Crippen molar-refractivity contribution in [3.63, 3.8) is 0 Å². The number of fused-ring (bicyclic) bond motifs is 1. The molecule has 0 amide bonds. The second-order valence-corrected chi connectivity index (χ2v) is 6.47. The maximum atomic E-state index is 4.28. The maximum absolute atomic E-state index is 4.28. The van der Waals surface area contributed by atoms with Gasteiger partial charge in [0.1, 0.15) is 10.0 Å². The van der Waals surface area contributed by atoms with Crippen molar-refractivity contribution in [3.05, 3.63) is 45.9 Å². The Bertz CT molecular complexity index is 739. The quantitative estimate of drug-likeness (QED) is 0.767. The molecule has 0 spiro atoms. The number of nitrogens with zero attached hydrogens (tertiary/aromatic N) is 2. The normalized spacial score (nSPS) is 11.1. The van der Waals surface area contributed by atoms with E-state index >= 15 is 0 Å². The third kappa shape index (κ3) is 2.90. The molecule has 0 atom stereocenters. The van der Waals surface area contributed by atoms with Gasteiger partial charge in [-0.25, -0.2) is 0 Å². The molecule has 20 heavy (non-hydrogen) atoms. The van der Waals surface area contributed by atoms with E-state index in [1.807, 2.05) is 0 Å². The van der Waals surface area contributed by atoms with Crippen molar-refractivity contribution in [3.8, 4) is 10.6 Å². The Morgan fingerprint density at radius 1 is 1.10 bits per heavy atom. The second-order valence-electron chi connectivity index (χ2n) is 4.49. The molecule has 0 aliphatic carbocycles. The Hall–Kier alpha value is -1.30. The highest BCUT2D eigenvalue weighted by Crippen LogP contribution is 2.28. The van der Waals surface area contributed by atoms with E-state index in [1.54, 1.807) is 11.3 Å². The summed E-state index contributed by atoms with van der Waals surface area (Å²) in [6.45, 7) is 3.82. The zero-order valence-electron chi connectivity index (χ0n) is 11.1. The van der Waals surface area contributed by atoms with Crippen LogP contribution in [0.4, 0.5) is 0 Å². The van der Waals surface area contributed by atoms with Crippen LogP contribution in [0.2, 0.25) is 0 Å². The second kappa shape index (κ2) is 5.99. The fraction of sp³-hybridized carbons (Fsp3) is 0.200. The molecule has 0 radical (unpaired) electrons. The molecule has 1 aromatic heterocycles. The van der Waals surface area contributed by atoms with E-state index in [4.69, 9.17) is 0 Å². The first-order chi connectivity index (χ1) is 9.76. The van der Waals surface area contributed by atoms with Gasteiger partial charge in [-0.2, -0.15) is 0 Å². The summed E-state index contributed by atoms with van der Waals surface area (Å²) in [5.74, 6) is 0. The van der Waals surface area contributed by atoms with Crippen molar-refractivity contribution in [1.29, 1.82) is 0 Å². The number of hydrogen-bond acceptors (Lipinski definition) is 4. The van der Waals surface area contributed by atoms with Gasteiger partial charge >= 0.3 is 0 Å². The maximum Gasteiger partial charge on any atom is 0.147 e. The van der Waals surface area contributed by atoms with Crippen LogP contribution in [0.25, 0.3) is 21.3 Å². The van der Waals surface area contributed by atoms with E-state index in [-0.39, 0.29) is 0 Å². The first-order valence-corrected chi connectivity index (χ1v) is 8.10. The highest BCUT2D eigenvalue weighted by atomic mass is 79.9. The molecule has 0 saturated heterocycles. The summed E-state index contributed by atoms with van der Waals surface area (Å²) >= 11 is 5.14. The van der Waals surface area contributed by atoms with Gasteiger partial charge in [0.15, 0.2) is 0 Å². The minimum absolute atomic E-state index is 0.786. The Labute approximate surface area is 130 Å². The molecule has 1 heterocycles. The molecule has 0 bridgehead atoms. The summed E-state index contributed by atoms with van der Waals surface area (Å²) in [7, 11) is 0. The zero-order chi connectivity index (χ0) is 13.9. The Balaban J connectivity index is 1.93. The third-order valence-electron chi connectivity index (χ3n) is 3.04. The molecule has 2 aromatic carbocycles. The summed E-state index contributed by atoms with van der Waals surface area (Å²) in [5.41, 5.74) is 1.13. The average Bonchev–Trinajstić information content (AvgIpc) is 2.93. The van der Waals surface area contributed by atoms with Crippen LogP contribution in [0.5, 0.6) is 0 Å². The lowest BCUT2D eigenvalue weighted by atomic mass is 10.1. The van der Waals surface area contributed by atoms with Crippen LogP contribution >= 0.6 is 27.3 Å². The number of halogens is 1. The number of aromatic nitrogens is 2. The van der Waals surface area contributed by atoms with Crippen molar-refractivity contribution in [1.82, 2.24) is 15.5 Å². The Kier molecular flexibility index (Phi) is 4.10. The van der Waals surface area contributed by atoms with Crippen LogP contribution in [0.15, 0.2) is 40.9 Å². The zero-order valence-corrected chi connectivity index (χ0v) is 13.5. The molecule has 0 aliphatic heterocycles. The van der Waals surface area contributed by atoms with Crippen LogP contribution in [-0.2, 0) is 6.54 Å². The SMILES string of the molecule is CCNCc1nnc(-c2ccc3cc(Br)ccc3c2)s1. The van der Waals surface area contributed by atoms with Crippen molar-refractivity contribution >= 4 is 38.0 Å². The lowest BCUT2D eigenvalue weighted by Crippen LogP contribution is -2.11. The number of benzene rings is 2. The van der Waals surface area contributed by atoms with E-state index in [2.05, 4.69) is 74.8 Å². The van der Waals surface area contributed by atoms with Crippen LogP contribution < -0.4 is 5.32 Å². The molecule has 0 fully saturated rings. The van der Waals surface area contributed by atoms with Gasteiger partial charge < -0.3 is 5.32 Å². The molecule has 1 N–H and O–H groups in total. The van der Waals surface area contributed by atoms with Crippen LogP contribution in [0, 0.1) is 0 Å². The number of rotatable bonds is 4. The van der Waals surface area contributed by atoms with E-state index in [9.17, 15) is 0 Å². The third-order valence-corrected chi connectivity index (χ3v) is 4.51. The van der Waals surface area contributed by atoms with Crippen molar-refractivity contribution < 1.29 is 0 Å². The van der Waals surface area contributed by atoms with E-state index in [0.717, 1.165) is 33.1 Å². The van der Waals surface area contributed by atoms with Gasteiger partial charge in [-0.3, -0.25) is 0 Å². The van der Waals surface area contributed by atoms with Gasteiger partial charge in [-0.1, -0.05) is 52.4 Å². The Morgan fingerprint density at radius 3 is 2.75 bits per heavy atom. The van der Waals surface area contributed by atoms with E-state index in [1.165, 1.54) is 10.8 Å². The lowest BCUT2D eigenvalue weighted by molar-refractivity contribution is 0.715.